The fraction of sp³-hybridized carbons (Fsp3) is 0.643. The lowest BCUT2D eigenvalue weighted by molar-refractivity contribution is -0.384. The molecular formula is C14H22N4O2. The highest BCUT2D eigenvalue weighted by atomic mass is 16.6. The van der Waals surface area contributed by atoms with Crippen molar-refractivity contribution in [1.29, 1.82) is 0 Å². The van der Waals surface area contributed by atoms with Gasteiger partial charge in [-0.15, -0.1) is 0 Å². The highest BCUT2D eigenvalue weighted by Crippen LogP contribution is 2.30. The molecule has 0 aromatic carbocycles. The minimum absolute atomic E-state index is 0.0987. The van der Waals surface area contributed by atoms with Gasteiger partial charge in [-0.05, 0) is 31.2 Å². The van der Waals surface area contributed by atoms with Gasteiger partial charge in [0.2, 0.25) is 5.82 Å². The van der Waals surface area contributed by atoms with Crippen molar-refractivity contribution in [2.45, 2.75) is 33.1 Å². The lowest BCUT2D eigenvalue weighted by Crippen LogP contribution is -2.34. The first-order valence-corrected chi connectivity index (χ1v) is 7.26. The van der Waals surface area contributed by atoms with E-state index < -0.39 is 0 Å². The molecule has 0 atom stereocenters. The molecule has 0 spiro atoms. The molecule has 1 N–H and O–H groups in total. The Labute approximate surface area is 119 Å². The lowest BCUT2D eigenvalue weighted by Gasteiger charge is -2.31. The van der Waals surface area contributed by atoms with Gasteiger partial charge in [0.1, 0.15) is 5.82 Å². The third-order valence-electron chi connectivity index (χ3n) is 3.69. The Bertz CT molecular complexity index is 470. The van der Waals surface area contributed by atoms with Crippen LogP contribution in [0.1, 0.15) is 33.1 Å². The van der Waals surface area contributed by atoms with Gasteiger partial charge in [-0.2, -0.15) is 0 Å². The summed E-state index contributed by atoms with van der Waals surface area (Å²) in [7, 11) is 0. The second kappa shape index (κ2) is 6.54. The monoisotopic (exact) mass is 278 g/mol. The van der Waals surface area contributed by atoms with Crippen LogP contribution >= 0.6 is 0 Å². The van der Waals surface area contributed by atoms with E-state index in [0.717, 1.165) is 38.9 Å². The molecule has 110 valence electrons. The van der Waals surface area contributed by atoms with Crippen LogP contribution < -0.4 is 10.2 Å². The van der Waals surface area contributed by atoms with E-state index in [2.05, 4.69) is 24.1 Å². The van der Waals surface area contributed by atoms with Gasteiger partial charge in [0.05, 0.1) is 4.92 Å². The molecule has 0 radical (unpaired) electrons. The number of aromatic nitrogens is 1. The third kappa shape index (κ3) is 3.37. The molecule has 0 saturated carbocycles. The molecule has 0 aliphatic carbocycles. The van der Waals surface area contributed by atoms with Crippen molar-refractivity contribution in [3.05, 3.63) is 22.2 Å². The highest BCUT2D eigenvalue weighted by Gasteiger charge is 2.25. The molecule has 1 aliphatic heterocycles. The van der Waals surface area contributed by atoms with Crippen molar-refractivity contribution >= 4 is 17.3 Å². The largest absolute Gasteiger partial charge is 0.370 e. The first-order valence-electron chi connectivity index (χ1n) is 7.26. The molecule has 2 heterocycles. The Morgan fingerprint density at radius 3 is 2.75 bits per heavy atom. The van der Waals surface area contributed by atoms with Crippen LogP contribution in [-0.2, 0) is 0 Å². The van der Waals surface area contributed by atoms with Crippen molar-refractivity contribution in [1.82, 2.24) is 4.98 Å². The number of nitrogens with zero attached hydrogens (tertiary/aromatic N) is 3. The minimum atomic E-state index is -0.343. The van der Waals surface area contributed by atoms with E-state index in [9.17, 15) is 10.1 Å². The number of piperidine rings is 1. The first-order chi connectivity index (χ1) is 9.61. The maximum atomic E-state index is 11.2. The molecule has 6 heteroatoms. The van der Waals surface area contributed by atoms with E-state index in [0.29, 0.717) is 17.6 Å². The average Bonchev–Trinajstić information content (AvgIpc) is 2.45. The van der Waals surface area contributed by atoms with E-state index in [4.69, 9.17) is 0 Å². The molecule has 1 fully saturated rings. The quantitative estimate of drug-likeness (QED) is 0.662. The zero-order valence-electron chi connectivity index (χ0n) is 12.1. The van der Waals surface area contributed by atoms with Gasteiger partial charge >= 0.3 is 5.69 Å². The van der Waals surface area contributed by atoms with Crippen LogP contribution in [0.15, 0.2) is 12.1 Å². The van der Waals surface area contributed by atoms with Gasteiger partial charge in [-0.1, -0.05) is 13.8 Å². The van der Waals surface area contributed by atoms with Gasteiger partial charge in [0, 0.05) is 25.7 Å². The summed E-state index contributed by atoms with van der Waals surface area (Å²) < 4.78 is 0. The van der Waals surface area contributed by atoms with E-state index in [1.807, 2.05) is 4.90 Å². The Morgan fingerprint density at radius 2 is 2.15 bits per heavy atom. The SMILES string of the molecule is CCCNc1ccc([N+](=O)[O-])c(N2CCC(C)CC2)n1. The van der Waals surface area contributed by atoms with Gasteiger partial charge in [0.25, 0.3) is 0 Å². The number of anilines is 2. The van der Waals surface area contributed by atoms with Crippen LogP contribution in [0.25, 0.3) is 0 Å². The molecule has 1 aromatic heterocycles. The van der Waals surface area contributed by atoms with Crippen LogP contribution in [0.3, 0.4) is 0 Å². The van der Waals surface area contributed by atoms with Crippen LogP contribution in [0.4, 0.5) is 17.3 Å². The number of nitro groups is 1. The molecule has 6 nitrogen and oxygen atoms in total. The third-order valence-corrected chi connectivity index (χ3v) is 3.69. The summed E-state index contributed by atoms with van der Waals surface area (Å²) >= 11 is 0. The minimum Gasteiger partial charge on any atom is -0.370 e. The number of hydrogen-bond acceptors (Lipinski definition) is 5. The Morgan fingerprint density at radius 1 is 1.45 bits per heavy atom. The first kappa shape index (κ1) is 14.6. The molecule has 1 aromatic rings. The fourth-order valence-corrected chi connectivity index (χ4v) is 2.39. The van der Waals surface area contributed by atoms with Gasteiger partial charge < -0.3 is 10.2 Å². The molecule has 1 aliphatic rings. The van der Waals surface area contributed by atoms with Crippen molar-refractivity contribution in [2.24, 2.45) is 5.92 Å². The second-order valence-electron chi connectivity index (χ2n) is 5.39. The summed E-state index contributed by atoms with van der Waals surface area (Å²) in [5.74, 6) is 1.90. The Hall–Kier alpha value is -1.85. The standard InChI is InChI=1S/C14H22N4O2/c1-3-8-15-13-5-4-12(18(19)20)14(16-13)17-9-6-11(2)7-10-17/h4-5,11H,3,6-10H2,1-2H3,(H,15,16). The summed E-state index contributed by atoms with van der Waals surface area (Å²) in [6, 6.07) is 3.24. The maximum absolute atomic E-state index is 11.2. The van der Waals surface area contributed by atoms with Crippen LogP contribution in [0.2, 0.25) is 0 Å². The molecule has 2 rings (SSSR count). The molecule has 1 saturated heterocycles. The van der Waals surface area contributed by atoms with Crippen molar-refractivity contribution in [3.63, 3.8) is 0 Å². The number of rotatable bonds is 5. The van der Waals surface area contributed by atoms with Gasteiger partial charge in [0.15, 0.2) is 0 Å². The van der Waals surface area contributed by atoms with E-state index in [1.165, 1.54) is 0 Å². The molecular weight excluding hydrogens is 256 g/mol. The predicted octanol–water partition coefficient (Wildman–Crippen LogP) is 3.05. The van der Waals surface area contributed by atoms with Crippen LogP contribution in [0.5, 0.6) is 0 Å². The second-order valence-corrected chi connectivity index (χ2v) is 5.39. The van der Waals surface area contributed by atoms with Gasteiger partial charge in [-0.25, -0.2) is 4.98 Å². The van der Waals surface area contributed by atoms with Crippen molar-refractivity contribution in [2.75, 3.05) is 29.9 Å². The molecule has 0 bridgehead atoms. The molecule has 0 unspecified atom stereocenters. The van der Waals surface area contributed by atoms with E-state index in [-0.39, 0.29) is 10.6 Å². The van der Waals surface area contributed by atoms with Crippen LogP contribution in [0, 0.1) is 16.0 Å². The number of hydrogen-bond donors (Lipinski definition) is 1. The van der Waals surface area contributed by atoms with Crippen LogP contribution in [-0.4, -0.2) is 29.5 Å². The molecule has 20 heavy (non-hydrogen) atoms. The fourth-order valence-electron chi connectivity index (χ4n) is 2.39. The summed E-state index contributed by atoms with van der Waals surface area (Å²) in [6.45, 7) is 6.80. The lowest BCUT2D eigenvalue weighted by atomic mass is 9.99. The number of nitrogens with one attached hydrogen (secondary N) is 1. The zero-order chi connectivity index (χ0) is 14.5. The summed E-state index contributed by atoms with van der Waals surface area (Å²) in [6.07, 6.45) is 3.12. The van der Waals surface area contributed by atoms with Gasteiger partial charge in [-0.3, -0.25) is 10.1 Å². The smallest absolute Gasteiger partial charge is 0.311 e. The van der Waals surface area contributed by atoms with Crippen molar-refractivity contribution in [3.8, 4) is 0 Å². The summed E-state index contributed by atoms with van der Waals surface area (Å²) in [4.78, 5) is 17.3. The van der Waals surface area contributed by atoms with Crippen molar-refractivity contribution < 1.29 is 4.92 Å². The zero-order valence-corrected chi connectivity index (χ0v) is 12.1. The molecule has 0 amide bonds. The normalized spacial score (nSPS) is 16.2. The van der Waals surface area contributed by atoms with E-state index in [1.54, 1.807) is 12.1 Å². The predicted molar refractivity (Wildman–Crippen MR) is 80.3 cm³/mol. The maximum Gasteiger partial charge on any atom is 0.311 e. The highest BCUT2D eigenvalue weighted by molar-refractivity contribution is 5.62. The van der Waals surface area contributed by atoms with E-state index >= 15 is 0 Å². The Balaban J connectivity index is 2.24. The number of pyridine rings is 1. The Kier molecular flexibility index (Phi) is 4.76. The summed E-state index contributed by atoms with van der Waals surface area (Å²) in [5.41, 5.74) is 0.0987. The topological polar surface area (TPSA) is 71.3 Å². The summed E-state index contributed by atoms with van der Waals surface area (Å²) in [5, 5.41) is 14.4. The average molecular weight is 278 g/mol.